The highest BCUT2D eigenvalue weighted by Gasteiger charge is 2.32. The Hall–Kier alpha value is -3.00. The van der Waals surface area contributed by atoms with Crippen LogP contribution < -0.4 is 0 Å². The summed E-state index contributed by atoms with van der Waals surface area (Å²) in [5.74, 6) is 0.121. The molecule has 0 unspecified atom stereocenters. The van der Waals surface area contributed by atoms with Gasteiger partial charge in [-0.15, -0.1) is 11.3 Å². The highest BCUT2D eigenvalue weighted by Crippen LogP contribution is 2.37. The molecular weight excluding hydrogens is 458 g/mol. The lowest BCUT2D eigenvalue weighted by atomic mass is 9.93. The first-order valence-electron chi connectivity index (χ1n) is 12.2. The lowest BCUT2D eigenvalue weighted by molar-refractivity contribution is -0.143. The van der Waals surface area contributed by atoms with Gasteiger partial charge in [0.1, 0.15) is 6.61 Å². The normalized spacial score (nSPS) is 18.3. The summed E-state index contributed by atoms with van der Waals surface area (Å²) >= 11 is 1.81. The molecule has 0 spiro atoms. The van der Waals surface area contributed by atoms with Crippen molar-refractivity contribution in [1.82, 2.24) is 14.7 Å². The fourth-order valence-corrected chi connectivity index (χ4v) is 5.87. The summed E-state index contributed by atoms with van der Waals surface area (Å²) in [5, 5.41) is 2.16. The third-order valence-electron chi connectivity index (χ3n) is 6.84. The topological polar surface area (TPSA) is 53.1 Å². The van der Waals surface area contributed by atoms with Gasteiger partial charge in [0.05, 0.1) is 19.2 Å². The van der Waals surface area contributed by atoms with E-state index in [1.54, 1.807) is 4.90 Å². The smallest absolute Gasteiger partial charge is 0.248 e. The molecule has 6 nitrogen and oxygen atoms in total. The second-order valence-electron chi connectivity index (χ2n) is 9.07. The maximum absolute atomic E-state index is 13.3. The Kier molecular flexibility index (Phi) is 7.57. The summed E-state index contributed by atoms with van der Waals surface area (Å²) in [6, 6.07) is 22.6. The summed E-state index contributed by atoms with van der Waals surface area (Å²) in [6.45, 7) is 3.99. The number of hydrogen-bond acceptors (Lipinski definition) is 5. The van der Waals surface area contributed by atoms with Crippen molar-refractivity contribution in [3.63, 3.8) is 0 Å². The first kappa shape index (κ1) is 23.7. The highest BCUT2D eigenvalue weighted by atomic mass is 32.1. The molecule has 3 aromatic rings. The zero-order valence-electron chi connectivity index (χ0n) is 19.8. The molecule has 2 aliphatic rings. The summed E-state index contributed by atoms with van der Waals surface area (Å²) < 4.78 is 5.61. The minimum Gasteiger partial charge on any atom is -0.367 e. The number of fused-ring (bicyclic) bond motifs is 1. The van der Waals surface area contributed by atoms with Crippen LogP contribution in [0.3, 0.4) is 0 Å². The lowest BCUT2D eigenvalue weighted by Crippen LogP contribution is -2.53. The SMILES string of the molecule is O=C(COCc1ccccc1)N1CCN(C(=O)CN2CCc3sccc3[C@@H]2c2ccccc2)CC1. The Bertz CT molecular complexity index is 1130. The van der Waals surface area contributed by atoms with Crippen LogP contribution in [0.25, 0.3) is 0 Å². The van der Waals surface area contributed by atoms with Gasteiger partial charge in [-0.3, -0.25) is 14.5 Å². The van der Waals surface area contributed by atoms with Crippen molar-refractivity contribution in [2.45, 2.75) is 19.1 Å². The van der Waals surface area contributed by atoms with Gasteiger partial charge in [0.15, 0.2) is 0 Å². The molecule has 1 atom stereocenters. The van der Waals surface area contributed by atoms with E-state index in [1.807, 2.05) is 52.6 Å². The number of benzene rings is 2. The second-order valence-corrected chi connectivity index (χ2v) is 10.1. The van der Waals surface area contributed by atoms with Crippen LogP contribution in [0.5, 0.6) is 0 Å². The van der Waals surface area contributed by atoms with Gasteiger partial charge in [0.2, 0.25) is 11.8 Å². The number of thiophene rings is 1. The highest BCUT2D eigenvalue weighted by molar-refractivity contribution is 7.10. The van der Waals surface area contributed by atoms with E-state index in [9.17, 15) is 9.59 Å². The van der Waals surface area contributed by atoms with Crippen LogP contribution in [-0.4, -0.2) is 72.4 Å². The van der Waals surface area contributed by atoms with Crippen LogP contribution >= 0.6 is 11.3 Å². The van der Waals surface area contributed by atoms with E-state index in [4.69, 9.17) is 4.74 Å². The third-order valence-corrected chi connectivity index (χ3v) is 7.84. The largest absolute Gasteiger partial charge is 0.367 e. The van der Waals surface area contributed by atoms with Crippen molar-refractivity contribution < 1.29 is 14.3 Å². The van der Waals surface area contributed by atoms with Crippen molar-refractivity contribution in [2.75, 3.05) is 45.9 Å². The monoisotopic (exact) mass is 489 g/mol. The lowest BCUT2D eigenvalue weighted by Gasteiger charge is -2.39. The van der Waals surface area contributed by atoms with Crippen LogP contribution in [-0.2, 0) is 27.4 Å². The van der Waals surface area contributed by atoms with E-state index in [2.05, 4.69) is 40.6 Å². The number of nitrogens with zero attached hydrogens (tertiary/aromatic N) is 3. The predicted molar refractivity (Wildman–Crippen MR) is 137 cm³/mol. The summed E-state index contributed by atoms with van der Waals surface area (Å²) in [6.07, 6.45) is 0.981. The van der Waals surface area contributed by atoms with E-state index < -0.39 is 0 Å². The number of amides is 2. The summed E-state index contributed by atoms with van der Waals surface area (Å²) in [4.78, 5) is 33.3. The first-order valence-corrected chi connectivity index (χ1v) is 13.1. The minimum atomic E-state index is -0.0156. The van der Waals surface area contributed by atoms with E-state index in [1.165, 1.54) is 16.0 Å². The van der Waals surface area contributed by atoms with Crippen molar-refractivity contribution in [3.8, 4) is 0 Å². The predicted octanol–water partition coefficient (Wildman–Crippen LogP) is 3.58. The second kappa shape index (κ2) is 11.2. The van der Waals surface area contributed by atoms with Gasteiger partial charge >= 0.3 is 0 Å². The Morgan fingerprint density at radius 1 is 0.829 bits per heavy atom. The molecule has 1 fully saturated rings. The fourth-order valence-electron chi connectivity index (χ4n) is 4.97. The number of hydrogen-bond donors (Lipinski definition) is 0. The van der Waals surface area contributed by atoms with E-state index >= 15 is 0 Å². The molecule has 182 valence electrons. The quantitative estimate of drug-likeness (QED) is 0.509. The van der Waals surface area contributed by atoms with Gasteiger partial charge in [-0.2, -0.15) is 0 Å². The molecule has 0 radical (unpaired) electrons. The first-order chi connectivity index (χ1) is 17.2. The molecule has 0 saturated carbocycles. The molecule has 35 heavy (non-hydrogen) atoms. The number of carbonyl (C=O) groups is 2. The molecule has 2 aliphatic heterocycles. The summed E-state index contributed by atoms with van der Waals surface area (Å²) in [5.41, 5.74) is 3.61. The standard InChI is InChI=1S/C28H31N3O3S/c32-26(19-31-13-11-25-24(12-18-35-25)28(31)23-9-5-2-6-10-23)29-14-16-30(17-15-29)27(33)21-34-20-22-7-3-1-4-8-22/h1-10,12,18,28H,11,13-17,19-21H2/t28-/m0/s1. The fraction of sp³-hybridized carbons (Fsp3) is 0.357. The van der Waals surface area contributed by atoms with E-state index in [-0.39, 0.29) is 24.5 Å². The van der Waals surface area contributed by atoms with Gasteiger partial charge in [-0.1, -0.05) is 60.7 Å². The number of rotatable bonds is 7. The molecule has 5 rings (SSSR count). The zero-order valence-corrected chi connectivity index (χ0v) is 20.7. The minimum absolute atomic E-state index is 0.0156. The van der Waals surface area contributed by atoms with E-state index in [0.29, 0.717) is 39.3 Å². The summed E-state index contributed by atoms with van der Waals surface area (Å²) in [7, 11) is 0. The van der Waals surface area contributed by atoms with Crippen LogP contribution in [0.1, 0.15) is 27.6 Å². The average Bonchev–Trinajstić information content (AvgIpc) is 3.38. The van der Waals surface area contributed by atoms with Crippen molar-refractivity contribution in [2.24, 2.45) is 0 Å². The van der Waals surface area contributed by atoms with Crippen LogP contribution in [0.15, 0.2) is 72.1 Å². The Morgan fingerprint density at radius 2 is 1.49 bits per heavy atom. The van der Waals surface area contributed by atoms with Crippen LogP contribution in [0.2, 0.25) is 0 Å². The molecule has 7 heteroatoms. The molecule has 1 aromatic heterocycles. The zero-order chi connectivity index (χ0) is 24.0. The third kappa shape index (κ3) is 5.64. The Balaban J connectivity index is 1.14. The molecule has 2 aromatic carbocycles. The Morgan fingerprint density at radius 3 is 2.20 bits per heavy atom. The van der Waals surface area contributed by atoms with Crippen LogP contribution in [0.4, 0.5) is 0 Å². The van der Waals surface area contributed by atoms with Crippen LogP contribution in [0, 0.1) is 0 Å². The molecule has 2 amide bonds. The van der Waals surface area contributed by atoms with Gasteiger partial charge in [0.25, 0.3) is 0 Å². The molecule has 3 heterocycles. The van der Waals surface area contributed by atoms with Crippen molar-refractivity contribution in [3.05, 3.63) is 93.7 Å². The molecular formula is C28H31N3O3S. The van der Waals surface area contributed by atoms with Crippen molar-refractivity contribution >= 4 is 23.2 Å². The maximum Gasteiger partial charge on any atom is 0.248 e. The number of piperazine rings is 1. The van der Waals surface area contributed by atoms with Gasteiger partial charge in [0, 0.05) is 37.6 Å². The van der Waals surface area contributed by atoms with Crippen molar-refractivity contribution in [1.29, 1.82) is 0 Å². The molecule has 0 aliphatic carbocycles. The maximum atomic E-state index is 13.3. The Labute approximate surface area is 210 Å². The number of carbonyl (C=O) groups excluding carboxylic acids is 2. The molecule has 0 N–H and O–H groups in total. The van der Waals surface area contributed by atoms with Gasteiger partial charge in [-0.05, 0) is 34.6 Å². The average molecular weight is 490 g/mol. The van der Waals surface area contributed by atoms with Gasteiger partial charge < -0.3 is 14.5 Å². The molecule has 0 bridgehead atoms. The van der Waals surface area contributed by atoms with E-state index in [0.717, 1.165) is 18.5 Å². The van der Waals surface area contributed by atoms with Gasteiger partial charge in [-0.25, -0.2) is 0 Å². The number of ether oxygens (including phenoxy) is 1. The molecule has 1 saturated heterocycles.